The lowest BCUT2D eigenvalue weighted by atomic mass is 10.1. The molecule has 36 heavy (non-hydrogen) atoms. The van der Waals surface area contributed by atoms with E-state index in [1.54, 1.807) is 91.0 Å². The van der Waals surface area contributed by atoms with Crippen molar-refractivity contribution in [3.8, 4) is 5.75 Å². The van der Waals surface area contributed by atoms with E-state index in [4.69, 9.17) is 14.2 Å². The monoisotopic (exact) mass is 506 g/mol. The maximum atomic E-state index is 10.8. The maximum Gasteiger partial charge on any atom is 0.159 e. The zero-order chi connectivity index (χ0) is 27.9. The Bertz CT molecular complexity index is 808. The van der Waals surface area contributed by atoms with Crippen LogP contribution in [0.1, 0.15) is 58.8 Å². The molecule has 8 heteroatoms. The summed E-state index contributed by atoms with van der Waals surface area (Å²) in [5.41, 5.74) is 1.99. The summed E-state index contributed by atoms with van der Waals surface area (Å²) in [6, 6.07) is 13.7. The van der Waals surface area contributed by atoms with E-state index in [0.29, 0.717) is 36.5 Å². The first kappa shape index (κ1) is 35.3. The first-order valence-electron chi connectivity index (χ1n) is 11.3. The Morgan fingerprint density at radius 3 is 1.14 bits per heavy atom. The van der Waals surface area contributed by atoms with Crippen LogP contribution in [0.5, 0.6) is 5.75 Å². The summed E-state index contributed by atoms with van der Waals surface area (Å²) in [5.74, 6) is 0.887. The van der Waals surface area contributed by atoms with E-state index in [2.05, 4.69) is 9.47 Å². The number of carbonyl (C=O) groups is 3. The van der Waals surface area contributed by atoms with E-state index in [1.807, 2.05) is 6.92 Å². The molecule has 0 N–H and O–H groups in total. The van der Waals surface area contributed by atoms with Crippen LogP contribution in [0.3, 0.4) is 0 Å². The summed E-state index contributed by atoms with van der Waals surface area (Å²) in [4.78, 5) is 32.5. The van der Waals surface area contributed by atoms with Gasteiger partial charge in [0.1, 0.15) is 5.75 Å². The molecule has 0 saturated carbocycles. The molecule has 0 spiro atoms. The fourth-order valence-electron chi connectivity index (χ4n) is 2.23. The quantitative estimate of drug-likeness (QED) is 0.330. The molecule has 2 aromatic rings. The molecule has 2 aromatic carbocycles. The summed E-state index contributed by atoms with van der Waals surface area (Å²) < 4.78 is 23.9. The van der Waals surface area contributed by atoms with Crippen molar-refractivity contribution < 1.29 is 38.1 Å². The van der Waals surface area contributed by atoms with Gasteiger partial charge in [-0.1, -0.05) is 24.3 Å². The molecule has 1 atom stereocenters. The highest BCUT2D eigenvalue weighted by Gasteiger charge is 2.01. The number of hydrogen-bond acceptors (Lipinski definition) is 8. The van der Waals surface area contributed by atoms with Gasteiger partial charge in [0, 0.05) is 45.1 Å². The van der Waals surface area contributed by atoms with Crippen LogP contribution in [0.2, 0.25) is 0 Å². The summed E-state index contributed by atoms with van der Waals surface area (Å²) >= 11 is 0. The van der Waals surface area contributed by atoms with E-state index in [-0.39, 0.29) is 23.5 Å². The molecule has 0 saturated heterocycles. The molecule has 0 heterocycles. The van der Waals surface area contributed by atoms with E-state index in [1.165, 1.54) is 13.8 Å². The summed E-state index contributed by atoms with van der Waals surface area (Å²) in [7, 11) is 8.24. The van der Waals surface area contributed by atoms with Gasteiger partial charge in [-0.2, -0.15) is 0 Å². The van der Waals surface area contributed by atoms with E-state index < -0.39 is 0 Å². The van der Waals surface area contributed by atoms with Gasteiger partial charge in [0.15, 0.2) is 17.3 Å². The molecule has 1 unspecified atom stereocenters. The van der Waals surface area contributed by atoms with Crippen LogP contribution in [0.15, 0.2) is 48.5 Å². The van der Waals surface area contributed by atoms with Crippen molar-refractivity contribution in [2.75, 3.05) is 55.4 Å². The number of benzene rings is 2. The summed E-state index contributed by atoms with van der Waals surface area (Å²) in [6.45, 7) is 8.57. The van der Waals surface area contributed by atoms with Crippen molar-refractivity contribution in [1.29, 1.82) is 0 Å². The van der Waals surface area contributed by atoms with Gasteiger partial charge in [-0.05, 0) is 52.0 Å². The highest BCUT2D eigenvalue weighted by molar-refractivity contribution is 5.97. The lowest BCUT2D eigenvalue weighted by molar-refractivity contribution is 0.0401. The van der Waals surface area contributed by atoms with E-state index >= 15 is 0 Å². The predicted molar refractivity (Wildman–Crippen MR) is 142 cm³/mol. The highest BCUT2D eigenvalue weighted by Crippen LogP contribution is 2.11. The number of hydrogen-bond donors (Lipinski definition) is 0. The van der Waals surface area contributed by atoms with Crippen molar-refractivity contribution >= 4 is 17.3 Å². The molecule has 0 amide bonds. The van der Waals surface area contributed by atoms with Crippen LogP contribution in [-0.4, -0.2) is 78.8 Å². The Labute approximate surface area is 215 Å². The molecule has 0 aliphatic carbocycles. The Kier molecular flexibility index (Phi) is 22.1. The van der Waals surface area contributed by atoms with Crippen LogP contribution >= 0.6 is 0 Å². The average molecular weight is 507 g/mol. The fraction of sp³-hybridized carbons (Fsp3) is 0.464. The van der Waals surface area contributed by atoms with Gasteiger partial charge in [-0.25, -0.2) is 0 Å². The number of methoxy groups -OCH3 is 5. The fourth-order valence-corrected chi connectivity index (χ4v) is 2.23. The number of rotatable bonds is 10. The third-order valence-electron chi connectivity index (χ3n) is 4.49. The Morgan fingerprint density at radius 2 is 0.944 bits per heavy atom. The van der Waals surface area contributed by atoms with Crippen LogP contribution in [0, 0.1) is 0 Å². The Hall–Kier alpha value is -2.91. The standard InChI is InChI=1S/C10H10O2.C9H10O2.C5H12O2.C4H10O2/c1-7(11)9-3-5-10(6-4-9)8(2)12;1-7(10)8-3-5-9(11-2)6-4-8;1-5(7-3)4-6-2;1-5-3-4-6-2/h3-6H,1-2H3;3-6H,1-2H3;5H,4H2,1-3H3;3-4H2,1-2H3. The molecule has 0 radical (unpaired) electrons. The number of ketones is 3. The molecular weight excluding hydrogens is 464 g/mol. The lowest BCUT2D eigenvalue weighted by Gasteiger charge is -2.05. The van der Waals surface area contributed by atoms with Crippen molar-refractivity contribution in [2.24, 2.45) is 0 Å². The largest absolute Gasteiger partial charge is 0.497 e. The molecule has 202 valence electrons. The topological polar surface area (TPSA) is 97.4 Å². The van der Waals surface area contributed by atoms with Gasteiger partial charge in [-0.3, -0.25) is 14.4 Å². The second kappa shape index (κ2) is 22.5. The smallest absolute Gasteiger partial charge is 0.159 e. The average Bonchev–Trinajstić information content (AvgIpc) is 2.88. The van der Waals surface area contributed by atoms with Gasteiger partial charge in [0.05, 0.1) is 33.0 Å². The predicted octanol–water partition coefficient (Wildman–Crippen LogP) is 4.94. The Morgan fingerprint density at radius 1 is 0.611 bits per heavy atom. The number of ether oxygens (including phenoxy) is 5. The first-order valence-corrected chi connectivity index (χ1v) is 11.3. The Balaban J connectivity index is 0. The van der Waals surface area contributed by atoms with Gasteiger partial charge in [0.2, 0.25) is 0 Å². The summed E-state index contributed by atoms with van der Waals surface area (Å²) in [5, 5.41) is 0. The van der Waals surface area contributed by atoms with Crippen LogP contribution in [0.4, 0.5) is 0 Å². The van der Waals surface area contributed by atoms with Crippen LogP contribution < -0.4 is 4.74 Å². The molecule has 2 rings (SSSR count). The zero-order valence-electron chi connectivity index (χ0n) is 23.1. The molecule has 0 aliphatic rings. The molecule has 0 aromatic heterocycles. The molecule has 8 nitrogen and oxygen atoms in total. The maximum absolute atomic E-state index is 10.8. The van der Waals surface area contributed by atoms with Crippen molar-refractivity contribution in [1.82, 2.24) is 0 Å². The van der Waals surface area contributed by atoms with Crippen molar-refractivity contribution in [3.05, 3.63) is 65.2 Å². The minimum Gasteiger partial charge on any atom is -0.497 e. The molecular formula is C28H42O8. The lowest BCUT2D eigenvalue weighted by Crippen LogP contribution is -2.11. The number of carbonyl (C=O) groups excluding carboxylic acids is 3. The van der Waals surface area contributed by atoms with Crippen molar-refractivity contribution in [3.63, 3.8) is 0 Å². The number of Topliss-reactive ketones (excluding diaryl/α,β-unsaturated/α-hetero) is 3. The molecule has 0 aliphatic heterocycles. The highest BCUT2D eigenvalue weighted by atomic mass is 16.5. The van der Waals surface area contributed by atoms with Crippen molar-refractivity contribution in [2.45, 2.75) is 33.8 Å². The van der Waals surface area contributed by atoms with E-state index in [0.717, 1.165) is 5.75 Å². The second-order valence-corrected chi connectivity index (χ2v) is 7.46. The summed E-state index contributed by atoms with van der Waals surface area (Å²) in [6.07, 6.45) is 0.227. The minimum absolute atomic E-state index is 0.0186. The van der Waals surface area contributed by atoms with Gasteiger partial charge in [0.25, 0.3) is 0 Å². The molecule has 0 bridgehead atoms. The molecule has 0 fully saturated rings. The SMILES string of the molecule is CC(=O)c1ccc(C(C)=O)cc1.COCC(C)OC.COCCOC.COc1ccc(C(C)=O)cc1. The van der Waals surface area contributed by atoms with Crippen LogP contribution in [-0.2, 0) is 18.9 Å². The zero-order valence-corrected chi connectivity index (χ0v) is 23.1. The second-order valence-electron chi connectivity index (χ2n) is 7.46. The minimum atomic E-state index is 0.0186. The first-order chi connectivity index (χ1) is 17.1. The van der Waals surface area contributed by atoms with Gasteiger partial charge < -0.3 is 23.7 Å². The normalized spacial score (nSPS) is 10.2. The third kappa shape index (κ3) is 18.4. The third-order valence-corrected chi connectivity index (χ3v) is 4.49. The van der Waals surface area contributed by atoms with E-state index in [9.17, 15) is 14.4 Å². The van der Waals surface area contributed by atoms with Gasteiger partial charge in [-0.15, -0.1) is 0 Å². The van der Waals surface area contributed by atoms with Crippen LogP contribution in [0.25, 0.3) is 0 Å². The van der Waals surface area contributed by atoms with Gasteiger partial charge >= 0.3 is 0 Å².